The standard InChI is InChI=1S/C13H17N/c1-4-5-6-9-14-13-8-7-11(2)12(3)10-13/h1,7-8,10,14H,5-6,9H2,2-3H3. The molecule has 0 fully saturated rings. The number of hydrogen-bond donors (Lipinski definition) is 1. The van der Waals surface area contributed by atoms with Crippen molar-refractivity contribution < 1.29 is 0 Å². The fourth-order valence-electron chi connectivity index (χ4n) is 1.27. The molecule has 0 unspecified atom stereocenters. The first-order valence-corrected chi connectivity index (χ1v) is 4.98. The van der Waals surface area contributed by atoms with Crippen molar-refractivity contribution in [3.63, 3.8) is 0 Å². The molecule has 1 aromatic rings. The van der Waals surface area contributed by atoms with Crippen molar-refractivity contribution in [3.05, 3.63) is 29.3 Å². The zero-order valence-electron chi connectivity index (χ0n) is 8.93. The van der Waals surface area contributed by atoms with Gasteiger partial charge in [0.1, 0.15) is 0 Å². The van der Waals surface area contributed by atoms with Gasteiger partial charge in [-0.3, -0.25) is 0 Å². The Hall–Kier alpha value is -1.42. The van der Waals surface area contributed by atoms with Gasteiger partial charge in [-0.15, -0.1) is 12.3 Å². The second-order valence-electron chi connectivity index (χ2n) is 3.53. The molecule has 0 aliphatic rings. The van der Waals surface area contributed by atoms with Crippen molar-refractivity contribution in [3.8, 4) is 12.3 Å². The van der Waals surface area contributed by atoms with E-state index in [2.05, 4.69) is 43.3 Å². The minimum absolute atomic E-state index is 0.845. The lowest BCUT2D eigenvalue weighted by Crippen LogP contribution is -2.01. The van der Waals surface area contributed by atoms with Crippen LogP contribution in [0.1, 0.15) is 24.0 Å². The van der Waals surface area contributed by atoms with Crippen LogP contribution in [0.4, 0.5) is 5.69 Å². The van der Waals surface area contributed by atoms with Gasteiger partial charge in [0.25, 0.3) is 0 Å². The molecule has 1 nitrogen and oxygen atoms in total. The molecule has 0 spiro atoms. The van der Waals surface area contributed by atoms with Crippen LogP contribution in [0.15, 0.2) is 18.2 Å². The van der Waals surface area contributed by atoms with E-state index in [1.165, 1.54) is 16.8 Å². The third-order valence-electron chi connectivity index (χ3n) is 2.33. The molecule has 0 aromatic heterocycles. The highest BCUT2D eigenvalue weighted by molar-refractivity contribution is 5.47. The first-order chi connectivity index (χ1) is 6.74. The molecule has 1 aromatic carbocycles. The van der Waals surface area contributed by atoms with Gasteiger partial charge < -0.3 is 5.32 Å². The quantitative estimate of drug-likeness (QED) is 0.564. The Morgan fingerprint density at radius 3 is 2.71 bits per heavy atom. The van der Waals surface area contributed by atoms with E-state index in [9.17, 15) is 0 Å². The molecule has 0 radical (unpaired) electrons. The minimum atomic E-state index is 0.845. The van der Waals surface area contributed by atoms with E-state index in [-0.39, 0.29) is 0 Å². The number of hydrogen-bond acceptors (Lipinski definition) is 1. The number of unbranched alkanes of at least 4 members (excludes halogenated alkanes) is 1. The Morgan fingerprint density at radius 1 is 1.29 bits per heavy atom. The fourth-order valence-corrected chi connectivity index (χ4v) is 1.27. The van der Waals surface area contributed by atoms with Crippen LogP contribution in [0.5, 0.6) is 0 Å². The maximum Gasteiger partial charge on any atom is 0.0343 e. The summed E-state index contributed by atoms with van der Waals surface area (Å²) in [5, 5.41) is 3.35. The fraction of sp³-hybridized carbons (Fsp3) is 0.385. The van der Waals surface area contributed by atoms with Gasteiger partial charge in [-0.2, -0.15) is 0 Å². The molecule has 0 amide bonds. The Morgan fingerprint density at radius 2 is 2.07 bits per heavy atom. The van der Waals surface area contributed by atoms with Crippen LogP contribution in [0.2, 0.25) is 0 Å². The van der Waals surface area contributed by atoms with Crippen molar-refractivity contribution in [2.75, 3.05) is 11.9 Å². The van der Waals surface area contributed by atoms with E-state index in [1.54, 1.807) is 0 Å². The first-order valence-electron chi connectivity index (χ1n) is 4.98. The molecule has 14 heavy (non-hydrogen) atoms. The Bertz CT molecular complexity index is 334. The van der Waals surface area contributed by atoms with Gasteiger partial charge in [-0.05, 0) is 43.5 Å². The van der Waals surface area contributed by atoms with E-state index < -0.39 is 0 Å². The summed E-state index contributed by atoms with van der Waals surface area (Å²) in [7, 11) is 0. The highest BCUT2D eigenvalue weighted by atomic mass is 14.9. The lowest BCUT2D eigenvalue weighted by atomic mass is 10.1. The van der Waals surface area contributed by atoms with Gasteiger partial charge >= 0.3 is 0 Å². The summed E-state index contributed by atoms with van der Waals surface area (Å²) in [6.07, 6.45) is 7.05. The van der Waals surface area contributed by atoms with Crippen molar-refractivity contribution in [2.45, 2.75) is 26.7 Å². The molecule has 0 aliphatic carbocycles. The Labute approximate surface area is 86.5 Å². The van der Waals surface area contributed by atoms with Crippen molar-refractivity contribution >= 4 is 5.69 Å². The molecule has 74 valence electrons. The van der Waals surface area contributed by atoms with Crippen LogP contribution < -0.4 is 5.32 Å². The average molecular weight is 187 g/mol. The van der Waals surface area contributed by atoms with Gasteiger partial charge in [-0.1, -0.05) is 6.07 Å². The van der Waals surface area contributed by atoms with Crippen LogP contribution in [-0.2, 0) is 0 Å². The van der Waals surface area contributed by atoms with Gasteiger partial charge in [0.05, 0.1) is 0 Å². The second kappa shape index (κ2) is 5.34. The second-order valence-corrected chi connectivity index (χ2v) is 3.53. The molecule has 0 heterocycles. The number of nitrogens with one attached hydrogen (secondary N) is 1. The molecule has 0 atom stereocenters. The molecule has 0 bridgehead atoms. The highest BCUT2D eigenvalue weighted by Gasteiger charge is 1.94. The molecule has 1 rings (SSSR count). The monoisotopic (exact) mass is 187 g/mol. The number of benzene rings is 1. The lowest BCUT2D eigenvalue weighted by Gasteiger charge is -2.07. The molecule has 0 saturated heterocycles. The van der Waals surface area contributed by atoms with Crippen LogP contribution >= 0.6 is 0 Å². The van der Waals surface area contributed by atoms with Gasteiger partial charge in [0.2, 0.25) is 0 Å². The normalized spacial score (nSPS) is 9.50. The van der Waals surface area contributed by atoms with Crippen LogP contribution in [0.25, 0.3) is 0 Å². The maximum absolute atomic E-state index is 5.17. The van der Waals surface area contributed by atoms with Gasteiger partial charge in [0, 0.05) is 18.7 Å². The predicted octanol–water partition coefficient (Wildman–Crippen LogP) is 3.13. The summed E-state index contributed by atoms with van der Waals surface area (Å²) in [5.74, 6) is 2.63. The number of aryl methyl sites for hydroxylation is 2. The predicted molar refractivity (Wildman–Crippen MR) is 62.5 cm³/mol. The highest BCUT2D eigenvalue weighted by Crippen LogP contribution is 2.13. The third kappa shape index (κ3) is 3.14. The smallest absolute Gasteiger partial charge is 0.0343 e. The topological polar surface area (TPSA) is 12.0 Å². The first kappa shape index (κ1) is 10.7. The van der Waals surface area contributed by atoms with E-state index in [0.29, 0.717) is 0 Å². The summed E-state index contributed by atoms with van der Waals surface area (Å²) < 4.78 is 0. The summed E-state index contributed by atoms with van der Waals surface area (Å²) in [4.78, 5) is 0. The summed E-state index contributed by atoms with van der Waals surface area (Å²) in [6.45, 7) is 5.20. The molecule has 0 aliphatic heterocycles. The maximum atomic E-state index is 5.17. The zero-order valence-corrected chi connectivity index (χ0v) is 8.93. The lowest BCUT2D eigenvalue weighted by molar-refractivity contribution is 0.907. The van der Waals surface area contributed by atoms with Crippen LogP contribution in [-0.4, -0.2) is 6.54 Å². The molecule has 0 saturated carbocycles. The summed E-state index contributed by atoms with van der Waals surface area (Å²) >= 11 is 0. The van der Waals surface area contributed by atoms with Crippen molar-refractivity contribution in [1.29, 1.82) is 0 Å². The molecule has 1 heteroatoms. The van der Waals surface area contributed by atoms with E-state index >= 15 is 0 Å². The van der Waals surface area contributed by atoms with Crippen LogP contribution in [0.3, 0.4) is 0 Å². The van der Waals surface area contributed by atoms with E-state index in [0.717, 1.165) is 19.4 Å². The Balaban J connectivity index is 2.44. The largest absolute Gasteiger partial charge is 0.385 e. The van der Waals surface area contributed by atoms with Crippen molar-refractivity contribution in [2.24, 2.45) is 0 Å². The summed E-state index contributed by atoms with van der Waals surface area (Å²) in [5.41, 5.74) is 3.84. The van der Waals surface area contributed by atoms with E-state index in [4.69, 9.17) is 6.42 Å². The number of terminal acetylenes is 1. The molecular formula is C13H17N. The van der Waals surface area contributed by atoms with Crippen molar-refractivity contribution in [1.82, 2.24) is 0 Å². The van der Waals surface area contributed by atoms with E-state index in [1.807, 2.05) is 0 Å². The molecular weight excluding hydrogens is 170 g/mol. The molecule has 1 N–H and O–H groups in total. The van der Waals surface area contributed by atoms with Crippen LogP contribution in [0, 0.1) is 26.2 Å². The Kier molecular flexibility index (Phi) is 4.07. The minimum Gasteiger partial charge on any atom is -0.385 e. The SMILES string of the molecule is C#CCCCNc1ccc(C)c(C)c1. The average Bonchev–Trinajstić information content (AvgIpc) is 2.18. The summed E-state index contributed by atoms with van der Waals surface area (Å²) in [6, 6.07) is 6.42. The zero-order chi connectivity index (χ0) is 10.4. The third-order valence-corrected chi connectivity index (χ3v) is 2.33. The van der Waals surface area contributed by atoms with Gasteiger partial charge in [0.15, 0.2) is 0 Å². The number of anilines is 1. The van der Waals surface area contributed by atoms with Gasteiger partial charge in [-0.25, -0.2) is 0 Å². The number of rotatable bonds is 4.